The van der Waals surface area contributed by atoms with E-state index in [1.807, 2.05) is 0 Å². The molecule has 0 aliphatic rings. The predicted octanol–water partition coefficient (Wildman–Crippen LogP) is 4.26. The summed E-state index contributed by atoms with van der Waals surface area (Å²) < 4.78 is 40.7. The molecule has 0 heterocycles. The number of allylic oxidation sites excluding steroid dienone is 2. The minimum Gasteiger partial charge on any atom is -0.309 e. The van der Waals surface area contributed by atoms with Crippen molar-refractivity contribution in [3.63, 3.8) is 0 Å². The SMILES string of the molecule is CN(S/C(C=O)=C/C=N)[C@H](c1ccc(Cl)cc1)C(F)(F)F. The number of alkyl halides is 3. The molecule has 3 nitrogen and oxygen atoms in total. The highest BCUT2D eigenvalue weighted by molar-refractivity contribution is 8.01. The first-order chi connectivity index (χ1) is 9.79. The van der Waals surface area contributed by atoms with Gasteiger partial charge in [0.15, 0.2) is 6.29 Å². The van der Waals surface area contributed by atoms with Crippen LogP contribution < -0.4 is 0 Å². The third kappa shape index (κ3) is 5.18. The van der Waals surface area contributed by atoms with Crippen molar-refractivity contribution < 1.29 is 18.0 Å². The largest absolute Gasteiger partial charge is 0.408 e. The van der Waals surface area contributed by atoms with Gasteiger partial charge in [-0.25, -0.2) is 4.31 Å². The molecule has 0 bridgehead atoms. The molecule has 0 fully saturated rings. The first-order valence-electron chi connectivity index (χ1n) is 5.68. The minimum absolute atomic E-state index is 0.00992. The molecular formula is C13H12ClF3N2OS. The molecule has 0 saturated carbocycles. The topological polar surface area (TPSA) is 44.2 Å². The van der Waals surface area contributed by atoms with E-state index in [0.29, 0.717) is 23.3 Å². The van der Waals surface area contributed by atoms with Gasteiger partial charge in [0.25, 0.3) is 0 Å². The van der Waals surface area contributed by atoms with Gasteiger partial charge < -0.3 is 5.41 Å². The fraction of sp³-hybridized carbons (Fsp3) is 0.231. The smallest absolute Gasteiger partial charge is 0.309 e. The average molecular weight is 337 g/mol. The number of rotatable bonds is 6. The van der Waals surface area contributed by atoms with Gasteiger partial charge in [0.05, 0.1) is 4.91 Å². The van der Waals surface area contributed by atoms with E-state index in [1.54, 1.807) is 0 Å². The van der Waals surface area contributed by atoms with Crippen molar-refractivity contribution in [2.24, 2.45) is 0 Å². The lowest BCUT2D eigenvalue weighted by atomic mass is 10.1. The van der Waals surface area contributed by atoms with Gasteiger partial charge in [0.2, 0.25) is 0 Å². The van der Waals surface area contributed by atoms with Crippen LogP contribution in [0.2, 0.25) is 5.02 Å². The van der Waals surface area contributed by atoms with E-state index in [-0.39, 0.29) is 10.5 Å². The molecule has 0 amide bonds. The minimum atomic E-state index is -4.52. The molecule has 0 unspecified atom stereocenters. The number of carbonyl (C=O) groups is 1. The zero-order chi connectivity index (χ0) is 16.0. The number of halogens is 4. The summed E-state index contributed by atoms with van der Waals surface area (Å²) in [5, 5.41) is 7.21. The average Bonchev–Trinajstić information content (AvgIpc) is 2.39. The summed E-state index contributed by atoms with van der Waals surface area (Å²) in [6.07, 6.45) is -2.14. The number of nitrogens with zero attached hydrogens (tertiary/aromatic N) is 1. The predicted molar refractivity (Wildman–Crippen MR) is 78.5 cm³/mol. The van der Waals surface area contributed by atoms with E-state index in [4.69, 9.17) is 17.0 Å². The lowest BCUT2D eigenvalue weighted by molar-refractivity contribution is -0.169. The van der Waals surface area contributed by atoms with Gasteiger partial charge in [-0.3, -0.25) is 4.79 Å². The Morgan fingerprint density at radius 2 is 1.95 bits per heavy atom. The maximum Gasteiger partial charge on any atom is 0.408 e. The Bertz CT molecular complexity index is 531. The van der Waals surface area contributed by atoms with E-state index >= 15 is 0 Å². The van der Waals surface area contributed by atoms with E-state index in [1.165, 1.54) is 31.3 Å². The van der Waals surface area contributed by atoms with Crippen LogP contribution in [0.1, 0.15) is 11.6 Å². The second kappa shape index (κ2) is 7.63. The zero-order valence-corrected chi connectivity index (χ0v) is 12.5. The van der Waals surface area contributed by atoms with Crippen LogP contribution in [0.4, 0.5) is 13.2 Å². The van der Waals surface area contributed by atoms with Gasteiger partial charge in [-0.2, -0.15) is 13.2 Å². The van der Waals surface area contributed by atoms with Gasteiger partial charge in [-0.15, -0.1) is 0 Å². The zero-order valence-electron chi connectivity index (χ0n) is 10.9. The Morgan fingerprint density at radius 3 is 2.38 bits per heavy atom. The molecule has 0 saturated heterocycles. The van der Waals surface area contributed by atoms with Gasteiger partial charge in [-0.05, 0) is 42.8 Å². The lowest BCUT2D eigenvalue weighted by Gasteiger charge is -2.29. The van der Waals surface area contributed by atoms with Crippen LogP contribution in [0.25, 0.3) is 0 Å². The summed E-state index contributed by atoms with van der Waals surface area (Å²) in [5.41, 5.74) is 0.0157. The van der Waals surface area contributed by atoms with E-state index in [0.717, 1.165) is 16.6 Å². The monoisotopic (exact) mass is 336 g/mol. The number of benzene rings is 1. The lowest BCUT2D eigenvalue weighted by Crippen LogP contribution is -2.32. The standard InChI is InChI=1S/C13H12ClF3N2OS/c1-19(21-11(8-20)6-7-18)12(13(15,16)17)9-2-4-10(14)5-3-9/h2-8,12,18H,1H3/b11-6+,18-7?/t12-/m1/s1. The molecule has 1 atom stereocenters. The molecule has 0 aliphatic heterocycles. The Morgan fingerprint density at radius 1 is 1.38 bits per heavy atom. The summed E-state index contributed by atoms with van der Waals surface area (Å²) in [4.78, 5) is 10.8. The maximum absolute atomic E-state index is 13.3. The molecule has 8 heteroatoms. The number of hydrogen-bond donors (Lipinski definition) is 1. The second-order valence-electron chi connectivity index (χ2n) is 3.99. The molecule has 0 radical (unpaired) electrons. The Hall–Kier alpha value is -1.31. The summed E-state index contributed by atoms with van der Waals surface area (Å²) in [7, 11) is 1.23. The van der Waals surface area contributed by atoms with Crippen molar-refractivity contribution in [2.45, 2.75) is 12.2 Å². The highest BCUT2D eigenvalue weighted by Crippen LogP contribution is 2.41. The van der Waals surface area contributed by atoms with E-state index in [2.05, 4.69) is 0 Å². The fourth-order valence-corrected chi connectivity index (χ4v) is 2.62. The van der Waals surface area contributed by atoms with Gasteiger partial charge in [0.1, 0.15) is 6.04 Å². The summed E-state index contributed by atoms with van der Waals surface area (Å²) in [6.45, 7) is 0. The van der Waals surface area contributed by atoms with Crippen LogP contribution in [0.3, 0.4) is 0 Å². The molecule has 0 aromatic heterocycles. The van der Waals surface area contributed by atoms with Crippen molar-refractivity contribution in [3.8, 4) is 0 Å². The second-order valence-corrected chi connectivity index (χ2v) is 5.65. The van der Waals surface area contributed by atoms with Crippen molar-refractivity contribution in [2.75, 3.05) is 7.05 Å². The molecule has 114 valence electrons. The number of hydrogen-bond acceptors (Lipinski definition) is 4. The first kappa shape index (κ1) is 17.7. The Balaban J connectivity index is 3.08. The molecule has 0 spiro atoms. The van der Waals surface area contributed by atoms with Gasteiger partial charge in [0, 0.05) is 11.2 Å². The third-order valence-corrected chi connectivity index (χ3v) is 3.67. The fourth-order valence-electron chi connectivity index (χ4n) is 1.64. The molecule has 21 heavy (non-hydrogen) atoms. The molecule has 1 rings (SSSR count). The van der Waals surface area contributed by atoms with Gasteiger partial charge in [-0.1, -0.05) is 23.7 Å². The van der Waals surface area contributed by atoms with Crippen LogP contribution in [0.15, 0.2) is 35.2 Å². The maximum atomic E-state index is 13.3. The Kier molecular flexibility index (Phi) is 6.44. The van der Waals surface area contributed by atoms with Crippen LogP contribution >= 0.6 is 23.5 Å². The van der Waals surface area contributed by atoms with Crippen LogP contribution in [0.5, 0.6) is 0 Å². The first-order valence-corrected chi connectivity index (χ1v) is 6.83. The summed E-state index contributed by atoms with van der Waals surface area (Å²) in [6, 6.07) is 3.44. The van der Waals surface area contributed by atoms with Crippen molar-refractivity contribution in [1.82, 2.24) is 4.31 Å². The number of carbonyl (C=O) groups excluding carboxylic acids is 1. The van der Waals surface area contributed by atoms with Crippen LogP contribution in [-0.4, -0.2) is 30.0 Å². The summed E-state index contributed by atoms with van der Waals surface area (Å²) >= 11 is 6.30. The van der Waals surface area contributed by atoms with Crippen LogP contribution in [0, 0.1) is 5.41 Å². The summed E-state index contributed by atoms with van der Waals surface area (Å²) in [5.74, 6) is 0. The highest BCUT2D eigenvalue weighted by Gasteiger charge is 2.44. The van der Waals surface area contributed by atoms with Crippen LogP contribution in [-0.2, 0) is 4.79 Å². The molecule has 1 aromatic carbocycles. The van der Waals surface area contributed by atoms with E-state index < -0.39 is 12.2 Å². The van der Waals surface area contributed by atoms with Crippen molar-refractivity contribution in [3.05, 3.63) is 45.8 Å². The molecule has 1 aromatic rings. The highest BCUT2D eigenvalue weighted by atomic mass is 35.5. The normalized spacial score (nSPS) is 14.1. The van der Waals surface area contributed by atoms with Crippen molar-refractivity contribution in [1.29, 1.82) is 5.41 Å². The number of aldehydes is 1. The van der Waals surface area contributed by atoms with Crippen molar-refractivity contribution >= 4 is 36.0 Å². The van der Waals surface area contributed by atoms with E-state index in [9.17, 15) is 18.0 Å². The Labute approximate surface area is 129 Å². The third-order valence-electron chi connectivity index (χ3n) is 2.47. The molecule has 0 aliphatic carbocycles. The van der Waals surface area contributed by atoms with Gasteiger partial charge >= 0.3 is 6.18 Å². The quantitative estimate of drug-likeness (QED) is 0.365. The number of nitrogens with one attached hydrogen (secondary N) is 1. The molecule has 1 N–H and O–H groups in total. The molecular weight excluding hydrogens is 325 g/mol.